The van der Waals surface area contributed by atoms with Crippen molar-refractivity contribution in [3.63, 3.8) is 0 Å². The van der Waals surface area contributed by atoms with Crippen LogP contribution in [-0.4, -0.2) is 47.3 Å². The SMILES string of the molecule is CS(=O)(=O)c1c(Oc2ccc(F)c(-c3ncc(C4CCOc5c(CCC(=O)O)cccc54)[nH]3)c2)c(F)c(F)c2[nH]ccc12. The molecule has 0 saturated carbocycles. The summed E-state index contributed by atoms with van der Waals surface area (Å²) in [7, 11) is -4.09. The Hall–Kier alpha value is -4.78. The van der Waals surface area contributed by atoms with E-state index in [0.29, 0.717) is 30.9 Å². The molecular formula is C30H24F3N3O6S. The van der Waals surface area contributed by atoms with Crippen molar-refractivity contribution in [3.8, 4) is 28.6 Å². The number of fused-ring (bicyclic) bond motifs is 2. The lowest BCUT2D eigenvalue weighted by atomic mass is 9.88. The van der Waals surface area contributed by atoms with E-state index in [0.717, 1.165) is 23.4 Å². The van der Waals surface area contributed by atoms with Gasteiger partial charge in [0.25, 0.3) is 0 Å². The molecule has 6 rings (SSSR count). The van der Waals surface area contributed by atoms with Crippen LogP contribution < -0.4 is 9.47 Å². The van der Waals surface area contributed by atoms with Crippen molar-refractivity contribution in [1.29, 1.82) is 0 Å². The van der Waals surface area contributed by atoms with Crippen molar-refractivity contribution in [2.24, 2.45) is 0 Å². The fourth-order valence-corrected chi connectivity index (χ4v) is 6.44. The van der Waals surface area contributed by atoms with Gasteiger partial charge >= 0.3 is 5.97 Å². The minimum absolute atomic E-state index is 0.0440. The Morgan fingerprint density at radius 2 is 1.98 bits per heavy atom. The van der Waals surface area contributed by atoms with Gasteiger partial charge in [0.2, 0.25) is 5.82 Å². The number of aliphatic carboxylic acids is 1. The number of aromatic amines is 2. The van der Waals surface area contributed by atoms with E-state index >= 15 is 8.78 Å². The molecule has 0 bridgehead atoms. The number of nitrogens with zero attached hydrogens (tertiary/aromatic N) is 1. The molecule has 0 spiro atoms. The van der Waals surface area contributed by atoms with E-state index < -0.39 is 43.9 Å². The Morgan fingerprint density at radius 1 is 1.16 bits per heavy atom. The highest BCUT2D eigenvalue weighted by Gasteiger charge is 2.30. The lowest BCUT2D eigenvalue weighted by Gasteiger charge is -2.27. The fourth-order valence-electron chi connectivity index (χ4n) is 5.40. The van der Waals surface area contributed by atoms with Gasteiger partial charge in [-0.3, -0.25) is 4.79 Å². The van der Waals surface area contributed by atoms with Crippen LogP contribution in [0.3, 0.4) is 0 Å². The molecule has 0 fully saturated rings. The first-order valence-electron chi connectivity index (χ1n) is 13.2. The molecule has 2 aromatic heterocycles. The Morgan fingerprint density at radius 3 is 2.74 bits per heavy atom. The fraction of sp³-hybridized carbons (Fsp3) is 0.200. The molecule has 0 amide bonds. The van der Waals surface area contributed by atoms with Gasteiger partial charge in [-0.05, 0) is 42.7 Å². The molecule has 222 valence electrons. The van der Waals surface area contributed by atoms with E-state index in [1.807, 2.05) is 18.2 Å². The number of carboxylic acids is 1. The maximum atomic E-state index is 15.1. The van der Waals surface area contributed by atoms with E-state index in [1.54, 1.807) is 6.20 Å². The summed E-state index contributed by atoms with van der Waals surface area (Å²) in [5, 5.41) is 9.01. The summed E-state index contributed by atoms with van der Waals surface area (Å²) in [6, 6.07) is 10.3. The predicted octanol–water partition coefficient (Wildman–Crippen LogP) is 6.10. The minimum Gasteiger partial charge on any atom is -0.493 e. The summed E-state index contributed by atoms with van der Waals surface area (Å²) in [6.07, 6.45) is 4.54. The summed E-state index contributed by atoms with van der Waals surface area (Å²) < 4.78 is 81.6. The third kappa shape index (κ3) is 5.20. The number of aryl methyl sites for hydroxylation is 1. The highest BCUT2D eigenvalue weighted by molar-refractivity contribution is 7.91. The van der Waals surface area contributed by atoms with Gasteiger partial charge in [-0.25, -0.2) is 22.2 Å². The molecule has 0 aliphatic carbocycles. The maximum absolute atomic E-state index is 15.1. The van der Waals surface area contributed by atoms with Gasteiger partial charge in [-0.15, -0.1) is 0 Å². The largest absolute Gasteiger partial charge is 0.493 e. The first-order chi connectivity index (χ1) is 20.5. The number of carboxylic acid groups (broad SMARTS) is 1. The topological polar surface area (TPSA) is 134 Å². The van der Waals surface area contributed by atoms with E-state index in [9.17, 15) is 17.6 Å². The molecule has 13 heteroatoms. The molecular weight excluding hydrogens is 587 g/mol. The quantitative estimate of drug-likeness (QED) is 0.181. The smallest absolute Gasteiger partial charge is 0.303 e. The summed E-state index contributed by atoms with van der Waals surface area (Å²) in [5.41, 5.74) is 1.90. The number of hydrogen-bond acceptors (Lipinski definition) is 6. The zero-order valence-corrected chi connectivity index (χ0v) is 23.4. The Kier molecular flexibility index (Phi) is 7.12. The standard InChI is InChI=1S/C30H24F3N3O6S/c1-43(39,40)29-19-9-11-34-26(19)24(32)25(33)28(29)42-16-6-7-21(31)20(13-16)30-35-14-22(36-30)17-10-12-41-27-15(5-8-23(37)38)3-2-4-18(17)27/h2-4,6-7,9,11,13-14,17,34H,5,8,10,12H2,1H3,(H,35,36)(H,37,38). The molecule has 1 aliphatic heterocycles. The molecule has 1 aliphatic rings. The van der Waals surface area contributed by atoms with Crippen molar-refractivity contribution >= 4 is 26.7 Å². The van der Waals surface area contributed by atoms with Gasteiger partial charge in [0.1, 0.15) is 28.0 Å². The van der Waals surface area contributed by atoms with Crippen LogP contribution in [0.4, 0.5) is 13.2 Å². The van der Waals surface area contributed by atoms with Crippen LogP contribution in [0.5, 0.6) is 17.2 Å². The van der Waals surface area contributed by atoms with Gasteiger partial charge < -0.3 is 24.5 Å². The van der Waals surface area contributed by atoms with Crippen LogP contribution in [-0.2, 0) is 21.1 Å². The maximum Gasteiger partial charge on any atom is 0.303 e. The second-order valence-electron chi connectivity index (χ2n) is 10.2. The Labute approximate surface area is 243 Å². The summed E-state index contributed by atoms with van der Waals surface area (Å²) >= 11 is 0. The van der Waals surface area contributed by atoms with Crippen molar-refractivity contribution in [1.82, 2.24) is 15.0 Å². The monoisotopic (exact) mass is 611 g/mol. The third-order valence-electron chi connectivity index (χ3n) is 7.33. The molecule has 1 unspecified atom stereocenters. The molecule has 0 radical (unpaired) electrons. The van der Waals surface area contributed by atoms with Gasteiger partial charge in [0, 0.05) is 47.6 Å². The number of para-hydroxylation sites is 1. The van der Waals surface area contributed by atoms with Gasteiger partial charge in [0.05, 0.1) is 17.7 Å². The lowest BCUT2D eigenvalue weighted by molar-refractivity contribution is -0.136. The lowest BCUT2D eigenvalue weighted by Crippen LogP contribution is -2.17. The van der Waals surface area contributed by atoms with E-state index in [4.69, 9.17) is 14.6 Å². The number of aromatic nitrogens is 3. The summed E-state index contributed by atoms with van der Waals surface area (Å²) in [4.78, 5) is 20.5. The average molecular weight is 612 g/mol. The molecule has 3 heterocycles. The number of rotatable bonds is 8. The molecule has 43 heavy (non-hydrogen) atoms. The number of ether oxygens (including phenoxy) is 2. The van der Waals surface area contributed by atoms with Gasteiger partial charge in [-0.2, -0.15) is 4.39 Å². The second kappa shape index (κ2) is 10.8. The van der Waals surface area contributed by atoms with E-state index in [2.05, 4.69) is 15.0 Å². The zero-order chi connectivity index (χ0) is 30.5. The van der Waals surface area contributed by atoms with Crippen LogP contribution in [0.25, 0.3) is 22.3 Å². The van der Waals surface area contributed by atoms with Crippen LogP contribution in [0.1, 0.15) is 35.6 Å². The van der Waals surface area contributed by atoms with E-state index in [-0.39, 0.29) is 40.4 Å². The number of benzene rings is 3. The zero-order valence-electron chi connectivity index (χ0n) is 22.6. The first-order valence-corrected chi connectivity index (χ1v) is 15.1. The minimum atomic E-state index is -4.09. The average Bonchev–Trinajstić information content (AvgIpc) is 3.65. The van der Waals surface area contributed by atoms with Crippen LogP contribution in [0.2, 0.25) is 0 Å². The highest BCUT2D eigenvalue weighted by atomic mass is 32.2. The van der Waals surface area contributed by atoms with Gasteiger partial charge in [0.15, 0.2) is 21.4 Å². The van der Waals surface area contributed by atoms with Crippen molar-refractivity contribution in [2.45, 2.75) is 30.1 Å². The normalized spacial score (nSPS) is 14.8. The number of halogens is 3. The number of carbonyl (C=O) groups is 1. The predicted molar refractivity (Wildman–Crippen MR) is 150 cm³/mol. The van der Waals surface area contributed by atoms with Crippen molar-refractivity contribution in [2.75, 3.05) is 12.9 Å². The van der Waals surface area contributed by atoms with Crippen LogP contribution in [0.15, 0.2) is 59.8 Å². The number of sulfone groups is 1. The summed E-state index contributed by atoms with van der Waals surface area (Å²) in [5.74, 6) is -4.87. The van der Waals surface area contributed by atoms with E-state index in [1.165, 1.54) is 24.4 Å². The molecule has 0 saturated heterocycles. The molecule has 9 nitrogen and oxygen atoms in total. The Balaban J connectivity index is 1.35. The second-order valence-corrected chi connectivity index (χ2v) is 12.1. The molecule has 5 aromatic rings. The number of imidazole rings is 1. The van der Waals surface area contributed by atoms with Crippen molar-refractivity contribution in [3.05, 3.63) is 89.1 Å². The number of H-pyrrole nitrogens is 2. The Bertz CT molecular complexity index is 2000. The number of nitrogens with one attached hydrogen (secondary N) is 2. The summed E-state index contributed by atoms with van der Waals surface area (Å²) in [6.45, 7) is 0.379. The highest BCUT2D eigenvalue weighted by Crippen LogP contribution is 2.42. The van der Waals surface area contributed by atoms with Gasteiger partial charge in [-0.1, -0.05) is 18.2 Å². The van der Waals surface area contributed by atoms with Crippen molar-refractivity contribution < 1.29 is 41.0 Å². The molecule has 3 N–H and O–H groups in total. The first kappa shape index (κ1) is 28.3. The molecule has 3 aromatic carbocycles. The third-order valence-corrected chi connectivity index (χ3v) is 8.47. The van der Waals surface area contributed by atoms with Crippen LogP contribution >= 0.6 is 0 Å². The number of hydrogen-bond donors (Lipinski definition) is 3. The molecule has 1 atom stereocenters. The van der Waals surface area contributed by atoms with Crippen LogP contribution in [0, 0.1) is 17.5 Å².